The minimum Gasteiger partial charge on any atom is -0.308 e. The number of hydrogen-bond donors (Lipinski definition) is 1. The molecular weight excluding hydrogens is 306 g/mol. The number of nitrogens with one attached hydrogen (secondary N) is 1. The first-order valence-corrected chi connectivity index (χ1v) is 9.78. The summed E-state index contributed by atoms with van der Waals surface area (Å²) >= 11 is 0. The van der Waals surface area contributed by atoms with Gasteiger partial charge in [-0.15, -0.1) is 0 Å². The Morgan fingerprint density at radius 1 is 1.08 bits per heavy atom. The molecule has 0 aromatic heterocycles. The number of rotatable bonds is 6. The number of likely N-dealkylation sites (N-methyl/N-ethyl adjacent to an activating group) is 1. The molecule has 1 aromatic carbocycles. The van der Waals surface area contributed by atoms with Crippen LogP contribution in [0.15, 0.2) is 24.3 Å². The zero-order chi connectivity index (χ0) is 20.0. The molecule has 1 aromatic rings. The highest BCUT2D eigenvalue weighted by atomic mass is 16.1. The molecular formula is C23H43NO. The lowest BCUT2D eigenvalue weighted by Crippen LogP contribution is -2.47. The van der Waals surface area contributed by atoms with E-state index in [0.717, 1.165) is 12.3 Å². The van der Waals surface area contributed by atoms with E-state index in [1.54, 1.807) is 0 Å². The summed E-state index contributed by atoms with van der Waals surface area (Å²) in [7, 11) is 1.82. The SMILES string of the molecule is CCC(C)C(=O)C(C)(C)NC.CCCC(C)C.Cc1cccc(C)c1. The summed E-state index contributed by atoms with van der Waals surface area (Å²) in [6.45, 7) is 18.8. The topological polar surface area (TPSA) is 29.1 Å². The molecule has 1 N–H and O–H groups in total. The third-order valence-corrected chi connectivity index (χ3v) is 4.34. The van der Waals surface area contributed by atoms with Crippen LogP contribution in [0.2, 0.25) is 0 Å². The molecule has 25 heavy (non-hydrogen) atoms. The molecule has 0 saturated heterocycles. The highest BCUT2D eigenvalue weighted by Gasteiger charge is 2.28. The molecule has 2 heteroatoms. The van der Waals surface area contributed by atoms with Crippen molar-refractivity contribution in [2.75, 3.05) is 7.05 Å². The lowest BCUT2D eigenvalue weighted by molar-refractivity contribution is -0.127. The summed E-state index contributed by atoms with van der Waals surface area (Å²) in [4.78, 5) is 11.6. The van der Waals surface area contributed by atoms with E-state index in [1.807, 2.05) is 34.7 Å². The van der Waals surface area contributed by atoms with E-state index in [4.69, 9.17) is 0 Å². The van der Waals surface area contributed by atoms with Crippen molar-refractivity contribution in [1.29, 1.82) is 0 Å². The summed E-state index contributed by atoms with van der Waals surface area (Å²) in [5, 5.41) is 3.01. The second kappa shape index (κ2) is 14.1. The second-order valence-corrected chi connectivity index (χ2v) is 7.89. The molecule has 0 radical (unpaired) electrons. The third kappa shape index (κ3) is 13.8. The second-order valence-electron chi connectivity index (χ2n) is 7.89. The van der Waals surface area contributed by atoms with Crippen LogP contribution in [0.25, 0.3) is 0 Å². The fourth-order valence-electron chi connectivity index (χ4n) is 2.31. The van der Waals surface area contributed by atoms with Gasteiger partial charge in [0.1, 0.15) is 0 Å². The molecule has 0 fully saturated rings. The number of carbonyl (C=O) groups is 1. The van der Waals surface area contributed by atoms with Gasteiger partial charge in [0.15, 0.2) is 5.78 Å². The van der Waals surface area contributed by atoms with Gasteiger partial charge in [-0.25, -0.2) is 0 Å². The van der Waals surface area contributed by atoms with Gasteiger partial charge in [-0.3, -0.25) is 4.79 Å². The Morgan fingerprint density at radius 2 is 1.56 bits per heavy atom. The first-order chi connectivity index (χ1) is 11.5. The van der Waals surface area contributed by atoms with E-state index in [-0.39, 0.29) is 11.5 Å². The predicted molar refractivity (Wildman–Crippen MR) is 113 cm³/mol. The van der Waals surface area contributed by atoms with Gasteiger partial charge in [-0.05, 0) is 47.1 Å². The quantitative estimate of drug-likeness (QED) is 0.648. The van der Waals surface area contributed by atoms with Gasteiger partial charge in [0.05, 0.1) is 5.54 Å². The van der Waals surface area contributed by atoms with Crippen LogP contribution in [-0.2, 0) is 4.79 Å². The summed E-state index contributed by atoms with van der Waals surface area (Å²) in [5.74, 6) is 1.36. The zero-order valence-electron chi connectivity index (χ0n) is 18.5. The van der Waals surface area contributed by atoms with Gasteiger partial charge in [0, 0.05) is 5.92 Å². The summed E-state index contributed by atoms with van der Waals surface area (Å²) in [5.41, 5.74) is 2.31. The molecule has 0 spiro atoms. The third-order valence-electron chi connectivity index (χ3n) is 4.34. The van der Waals surface area contributed by atoms with Crippen LogP contribution >= 0.6 is 0 Å². The van der Waals surface area contributed by atoms with E-state index in [1.165, 1.54) is 24.0 Å². The fourth-order valence-corrected chi connectivity index (χ4v) is 2.31. The molecule has 1 unspecified atom stereocenters. The summed E-state index contributed by atoms with van der Waals surface area (Å²) in [6.07, 6.45) is 3.63. The number of ketones is 1. The molecule has 0 aliphatic rings. The fraction of sp³-hybridized carbons (Fsp3) is 0.696. The van der Waals surface area contributed by atoms with E-state index in [9.17, 15) is 4.79 Å². The Bertz CT molecular complexity index is 446. The maximum Gasteiger partial charge on any atom is 0.155 e. The monoisotopic (exact) mass is 349 g/mol. The Morgan fingerprint density at radius 3 is 1.76 bits per heavy atom. The van der Waals surface area contributed by atoms with Crippen LogP contribution in [-0.4, -0.2) is 18.4 Å². The van der Waals surface area contributed by atoms with Gasteiger partial charge in [-0.2, -0.15) is 0 Å². The number of hydrogen-bond acceptors (Lipinski definition) is 2. The summed E-state index contributed by atoms with van der Waals surface area (Å²) in [6, 6.07) is 8.45. The van der Waals surface area contributed by atoms with Crippen LogP contribution in [0.5, 0.6) is 0 Å². The Kier molecular flexibility index (Phi) is 14.7. The van der Waals surface area contributed by atoms with E-state index in [2.05, 4.69) is 64.2 Å². The normalized spacial score (nSPS) is 11.8. The molecule has 0 aliphatic heterocycles. The molecule has 146 valence electrons. The van der Waals surface area contributed by atoms with Gasteiger partial charge in [0.25, 0.3) is 0 Å². The van der Waals surface area contributed by atoms with Crippen LogP contribution in [0.4, 0.5) is 0 Å². The lowest BCUT2D eigenvalue weighted by Gasteiger charge is -2.25. The molecule has 0 saturated carbocycles. The molecule has 0 heterocycles. The van der Waals surface area contributed by atoms with Crippen LogP contribution in [0.1, 0.15) is 78.9 Å². The first-order valence-electron chi connectivity index (χ1n) is 9.78. The molecule has 2 nitrogen and oxygen atoms in total. The molecule has 1 atom stereocenters. The van der Waals surface area contributed by atoms with Gasteiger partial charge in [-0.1, -0.05) is 82.9 Å². The molecule has 0 bridgehead atoms. The largest absolute Gasteiger partial charge is 0.308 e. The zero-order valence-corrected chi connectivity index (χ0v) is 18.5. The Labute approximate surface area is 157 Å². The maximum atomic E-state index is 11.6. The number of Topliss-reactive ketones (excluding diaryl/α,β-unsaturated/α-hetero) is 1. The standard InChI is InChI=1S/C9H19NO.C8H10.C6H14/c1-6-7(2)8(11)9(3,4)10-5;1-7-4-3-5-8(2)6-7;1-4-5-6(2)3/h7,10H,6H2,1-5H3;3-6H,1-2H3;6H,4-5H2,1-3H3. The van der Waals surface area contributed by atoms with Crippen molar-refractivity contribution in [2.24, 2.45) is 11.8 Å². The van der Waals surface area contributed by atoms with Crippen molar-refractivity contribution in [3.8, 4) is 0 Å². The smallest absolute Gasteiger partial charge is 0.155 e. The van der Waals surface area contributed by atoms with Crippen molar-refractivity contribution >= 4 is 5.78 Å². The molecule has 1 rings (SSSR count). The van der Waals surface area contributed by atoms with Crippen molar-refractivity contribution in [3.63, 3.8) is 0 Å². The highest BCUT2D eigenvalue weighted by Crippen LogP contribution is 2.13. The van der Waals surface area contributed by atoms with Gasteiger partial charge >= 0.3 is 0 Å². The predicted octanol–water partition coefficient (Wildman–Crippen LogP) is 6.35. The number of carbonyl (C=O) groups excluding carboxylic acids is 1. The summed E-state index contributed by atoms with van der Waals surface area (Å²) < 4.78 is 0. The Hall–Kier alpha value is -1.15. The molecule has 0 amide bonds. The van der Waals surface area contributed by atoms with Crippen molar-refractivity contribution in [1.82, 2.24) is 5.32 Å². The van der Waals surface area contributed by atoms with Crippen molar-refractivity contribution in [3.05, 3.63) is 35.4 Å². The minimum atomic E-state index is -0.366. The van der Waals surface area contributed by atoms with Crippen molar-refractivity contribution < 1.29 is 4.79 Å². The number of benzene rings is 1. The van der Waals surface area contributed by atoms with Gasteiger partial charge in [0.2, 0.25) is 0 Å². The van der Waals surface area contributed by atoms with Crippen LogP contribution in [0, 0.1) is 25.7 Å². The molecule has 0 aliphatic carbocycles. The maximum absolute atomic E-state index is 11.6. The van der Waals surface area contributed by atoms with Crippen LogP contribution in [0.3, 0.4) is 0 Å². The minimum absolute atomic E-state index is 0.164. The lowest BCUT2D eigenvalue weighted by atomic mass is 9.89. The average molecular weight is 350 g/mol. The van der Waals surface area contributed by atoms with E-state index in [0.29, 0.717) is 5.78 Å². The average Bonchev–Trinajstić information content (AvgIpc) is 2.54. The van der Waals surface area contributed by atoms with Gasteiger partial charge < -0.3 is 5.32 Å². The van der Waals surface area contributed by atoms with E-state index < -0.39 is 0 Å². The van der Waals surface area contributed by atoms with Crippen molar-refractivity contribution in [2.45, 2.75) is 87.1 Å². The number of aryl methyl sites for hydroxylation is 2. The van der Waals surface area contributed by atoms with E-state index >= 15 is 0 Å². The first kappa shape index (κ1) is 26.1. The Balaban J connectivity index is 0. The van der Waals surface area contributed by atoms with Crippen LogP contribution < -0.4 is 5.32 Å². The highest BCUT2D eigenvalue weighted by molar-refractivity contribution is 5.89.